The van der Waals surface area contributed by atoms with Crippen LogP contribution in [-0.2, 0) is 0 Å². The molecule has 0 saturated carbocycles. The van der Waals surface area contributed by atoms with Crippen LogP contribution in [-0.4, -0.2) is 17.0 Å². The highest BCUT2D eigenvalue weighted by Gasteiger charge is 2.02. The smallest absolute Gasteiger partial charge is 0.0387 e. The monoisotopic (exact) mass is 168 g/mol. The topological polar surface area (TPSA) is 38.9 Å². The quantitative estimate of drug-likeness (QED) is 0.742. The molecule has 2 nitrogen and oxygen atoms in total. The third-order valence-corrected chi connectivity index (χ3v) is 2.17. The van der Waals surface area contributed by atoms with Gasteiger partial charge in [0.05, 0.1) is 0 Å². The van der Waals surface area contributed by atoms with Crippen molar-refractivity contribution in [2.45, 2.75) is 6.04 Å². The Morgan fingerprint density at radius 2 is 2.18 bits per heavy atom. The summed E-state index contributed by atoms with van der Waals surface area (Å²) in [7, 11) is 0. The fourth-order valence-electron chi connectivity index (χ4n) is 0.886. The molecule has 1 unspecified atom stereocenters. The summed E-state index contributed by atoms with van der Waals surface area (Å²) >= 11 is 1.76. The van der Waals surface area contributed by atoms with Crippen LogP contribution in [0.25, 0.3) is 0 Å². The SMILES string of the molecule is CSCC(N)c1ccncc1. The zero-order valence-corrected chi connectivity index (χ0v) is 7.34. The molecule has 0 aliphatic rings. The van der Waals surface area contributed by atoms with Crippen molar-refractivity contribution in [2.75, 3.05) is 12.0 Å². The lowest BCUT2D eigenvalue weighted by Gasteiger charge is -2.08. The molecule has 1 atom stereocenters. The number of aromatic nitrogens is 1. The zero-order valence-electron chi connectivity index (χ0n) is 6.53. The lowest BCUT2D eigenvalue weighted by Crippen LogP contribution is -2.12. The van der Waals surface area contributed by atoms with Crippen molar-refractivity contribution < 1.29 is 0 Å². The van der Waals surface area contributed by atoms with Crippen LogP contribution in [0.15, 0.2) is 24.5 Å². The highest BCUT2D eigenvalue weighted by molar-refractivity contribution is 7.98. The van der Waals surface area contributed by atoms with Crippen LogP contribution in [0.4, 0.5) is 0 Å². The molecule has 0 fully saturated rings. The standard InChI is InChI=1S/C8H12N2S/c1-11-6-8(9)7-2-4-10-5-3-7/h2-5,8H,6,9H2,1H3. The second-order valence-electron chi connectivity index (χ2n) is 2.34. The summed E-state index contributed by atoms with van der Waals surface area (Å²) in [5.41, 5.74) is 7.02. The van der Waals surface area contributed by atoms with E-state index in [1.807, 2.05) is 12.1 Å². The van der Waals surface area contributed by atoms with Gasteiger partial charge in [0.2, 0.25) is 0 Å². The van der Waals surface area contributed by atoms with Crippen molar-refractivity contribution in [3.63, 3.8) is 0 Å². The minimum Gasteiger partial charge on any atom is -0.323 e. The van der Waals surface area contributed by atoms with E-state index in [2.05, 4.69) is 11.2 Å². The molecule has 0 aliphatic carbocycles. The number of hydrogen-bond donors (Lipinski definition) is 1. The number of rotatable bonds is 3. The molecule has 1 aromatic rings. The Morgan fingerprint density at radius 1 is 1.55 bits per heavy atom. The minimum absolute atomic E-state index is 0.146. The molecule has 3 heteroatoms. The van der Waals surface area contributed by atoms with Gasteiger partial charge in [0.1, 0.15) is 0 Å². The average molecular weight is 168 g/mol. The van der Waals surface area contributed by atoms with Gasteiger partial charge < -0.3 is 5.73 Å². The Kier molecular flexibility index (Phi) is 3.39. The van der Waals surface area contributed by atoms with Crippen molar-refractivity contribution in [3.8, 4) is 0 Å². The summed E-state index contributed by atoms with van der Waals surface area (Å²) < 4.78 is 0. The van der Waals surface area contributed by atoms with Crippen molar-refractivity contribution >= 4 is 11.8 Å². The zero-order chi connectivity index (χ0) is 8.10. The molecule has 1 aromatic heterocycles. The number of nitrogens with two attached hydrogens (primary N) is 1. The first-order valence-electron chi connectivity index (χ1n) is 3.49. The van der Waals surface area contributed by atoms with E-state index in [1.165, 1.54) is 0 Å². The van der Waals surface area contributed by atoms with E-state index in [-0.39, 0.29) is 6.04 Å². The Bertz CT molecular complexity index is 201. The van der Waals surface area contributed by atoms with Crippen LogP contribution in [0.2, 0.25) is 0 Å². The maximum atomic E-state index is 5.86. The molecular formula is C8H12N2S. The van der Waals surface area contributed by atoms with E-state index in [0.717, 1.165) is 11.3 Å². The summed E-state index contributed by atoms with van der Waals surface area (Å²) in [5, 5.41) is 0. The summed E-state index contributed by atoms with van der Waals surface area (Å²) in [6.45, 7) is 0. The fourth-order valence-corrected chi connectivity index (χ4v) is 1.44. The first-order valence-corrected chi connectivity index (χ1v) is 4.88. The van der Waals surface area contributed by atoms with Gasteiger partial charge in [-0.3, -0.25) is 4.98 Å². The van der Waals surface area contributed by atoms with Crippen molar-refractivity contribution in [1.82, 2.24) is 4.98 Å². The summed E-state index contributed by atoms with van der Waals surface area (Å²) in [6.07, 6.45) is 5.60. The molecular weight excluding hydrogens is 156 g/mol. The van der Waals surface area contributed by atoms with Gasteiger partial charge in [0.15, 0.2) is 0 Å². The predicted octanol–water partition coefficient (Wildman–Crippen LogP) is 1.44. The normalized spacial score (nSPS) is 12.9. The van der Waals surface area contributed by atoms with E-state index >= 15 is 0 Å². The molecule has 0 bridgehead atoms. The molecule has 0 amide bonds. The summed E-state index contributed by atoms with van der Waals surface area (Å²) in [4.78, 5) is 3.93. The third-order valence-electron chi connectivity index (χ3n) is 1.48. The number of pyridine rings is 1. The number of thioether (sulfide) groups is 1. The van der Waals surface area contributed by atoms with Crippen LogP contribution >= 0.6 is 11.8 Å². The Hall–Kier alpha value is -0.540. The number of nitrogens with zero attached hydrogens (tertiary/aromatic N) is 1. The van der Waals surface area contributed by atoms with Gasteiger partial charge in [-0.25, -0.2) is 0 Å². The van der Waals surface area contributed by atoms with Gasteiger partial charge >= 0.3 is 0 Å². The van der Waals surface area contributed by atoms with Gasteiger partial charge in [0.25, 0.3) is 0 Å². The molecule has 0 spiro atoms. The average Bonchev–Trinajstić information content (AvgIpc) is 2.07. The maximum absolute atomic E-state index is 5.86. The molecule has 0 radical (unpaired) electrons. The van der Waals surface area contributed by atoms with E-state index in [4.69, 9.17) is 5.73 Å². The van der Waals surface area contributed by atoms with Gasteiger partial charge in [-0.2, -0.15) is 11.8 Å². The van der Waals surface area contributed by atoms with E-state index < -0.39 is 0 Å². The van der Waals surface area contributed by atoms with E-state index in [0.29, 0.717) is 0 Å². The lowest BCUT2D eigenvalue weighted by molar-refractivity contribution is 0.829. The highest BCUT2D eigenvalue weighted by atomic mass is 32.2. The predicted molar refractivity (Wildman–Crippen MR) is 49.5 cm³/mol. The molecule has 2 N–H and O–H groups in total. The lowest BCUT2D eigenvalue weighted by atomic mass is 10.1. The Balaban J connectivity index is 2.61. The largest absolute Gasteiger partial charge is 0.323 e. The maximum Gasteiger partial charge on any atom is 0.0387 e. The van der Waals surface area contributed by atoms with Gasteiger partial charge in [-0.15, -0.1) is 0 Å². The second kappa shape index (κ2) is 4.36. The third kappa shape index (κ3) is 2.52. The molecule has 0 aromatic carbocycles. The molecule has 0 saturated heterocycles. The molecule has 0 aliphatic heterocycles. The Labute approximate surface area is 71.2 Å². The first kappa shape index (κ1) is 8.56. The molecule has 1 rings (SSSR count). The van der Waals surface area contributed by atoms with Crippen LogP contribution in [0.3, 0.4) is 0 Å². The van der Waals surface area contributed by atoms with Crippen LogP contribution in [0, 0.1) is 0 Å². The highest BCUT2D eigenvalue weighted by Crippen LogP contribution is 2.12. The molecule has 1 heterocycles. The van der Waals surface area contributed by atoms with Gasteiger partial charge in [-0.1, -0.05) is 0 Å². The van der Waals surface area contributed by atoms with Crippen LogP contribution in [0.1, 0.15) is 11.6 Å². The second-order valence-corrected chi connectivity index (χ2v) is 3.25. The van der Waals surface area contributed by atoms with Crippen molar-refractivity contribution in [1.29, 1.82) is 0 Å². The van der Waals surface area contributed by atoms with Crippen LogP contribution in [0.5, 0.6) is 0 Å². The Morgan fingerprint density at radius 3 is 2.73 bits per heavy atom. The summed E-state index contributed by atoms with van der Waals surface area (Å²) in [6, 6.07) is 4.06. The number of hydrogen-bond acceptors (Lipinski definition) is 3. The molecule has 11 heavy (non-hydrogen) atoms. The van der Waals surface area contributed by atoms with Crippen LogP contribution < -0.4 is 5.73 Å². The first-order chi connectivity index (χ1) is 5.34. The van der Waals surface area contributed by atoms with Gasteiger partial charge in [-0.05, 0) is 24.0 Å². The summed E-state index contributed by atoms with van der Waals surface area (Å²) in [5.74, 6) is 0.962. The van der Waals surface area contributed by atoms with Crippen molar-refractivity contribution in [3.05, 3.63) is 30.1 Å². The minimum atomic E-state index is 0.146. The molecule has 60 valence electrons. The van der Waals surface area contributed by atoms with Gasteiger partial charge in [0, 0.05) is 24.2 Å². The van der Waals surface area contributed by atoms with E-state index in [9.17, 15) is 0 Å². The van der Waals surface area contributed by atoms with Crippen molar-refractivity contribution in [2.24, 2.45) is 5.73 Å². The fraction of sp³-hybridized carbons (Fsp3) is 0.375. The van der Waals surface area contributed by atoms with E-state index in [1.54, 1.807) is 24.2 Å².